The van der Waals surface area contributed by atoms with Crippen molar-refractivity contribution in [2.24, 2.45) is 7.05 Å². The van der Waals surface area contributed by atoms with Crippen LogP contribution in [0.2, 0.25) is 0 Å². The van der Waals surface area contributed by atoms with Crippen LogP contribution in [0.5, 0.6) is 5.75 Å². The number of aromatic nitrogens is 1. The molecule has 0 fully saturated rings. The molecular weight excluding hydrogens is 462 g/mol. The molecule has 1 aromatic heterocycles. The van der Waals surface area contributed by atoms with Crippen molar-refractivity contribution in [1.82, 2.24) is 4.57 Å². The summed E-state index contributed by atoms with van der Waals surface area (Å²) in [5, 5.41) is 11.1. The zero-order valence-electron chi connectivity index (χ0n) is 18.0. The van der Waals surface area contributed by atoms with Gasteiger partial charge in [-0.2, -0.15) is 0 Å². The molecule has 3 aromatic rings. The number of phenolic OH excluding ortho intramolecular Hbond substituents is 1. The molecule has 0 spiro atoms. The van der Waals surface area contributed by atoms with E-state index in [1.54, 1.807) is 23.9 Å². The van der Waals surface area contributed by atoms with Crippen LogP contribution in [0.1, 0.15) is 44.9 Å². The van der Waals surface area contributed by atoms with E-state index in [0.29, 0.717) is 13.0 Å². The van der Waals surface area contributed by atoms with Crippen molar-refractivity contribution < 1.29 is 14.6 Å². The zero-order chi connectivity index (χ0) is 22.1. The van der Waals surface area contributed by atoms with E-state index in [0.717, 1.165) is 31.5 Å². The molecule has 1 heterocycles. The average Bonchev–Trinajstić information content (AvgIpc) is 2.90. The van der Waals surface area contributed by atoms with Crippen LogP contribution in [-0.2, 0) is 23.0 Å². The fourth-order valence-corrected chi connectivity index (χ4v) is 5.37. The standard InChI is InChI=1S/C24H28BrNO3S/c1-6-29-23(28)19(13-15-8-7-9-16(25)12-15)21-22(30-24(2,3)4)18-14-17(27)10-11-20(18)26(21)5/h7-12,14,19,27H,6,13H2,1-5H3. The number of phenols is 1. The highest BCUT2D eigenvalue weighted by Crippen LogP contribution is 2.45. The van der Waals surface area contributed by atoms with Crippen LogP contribution in [0.25, 0.3) is 10.9 Å². The predicted octanol–water partition coefficient (Wildman–Crippen LogP) is 6.43. The molecule has 30 heavy (non-hydrogen) atoms. The van der Waals surface area contributed by atoms with Gasteiger partial charge in [-0.1, -0.05) is 48.8 Å². The average molecular weight is 490 g/mol. The number of rotatable bonds is 6. The fourth-order valence-electron chi connectivity index (χ4n) is 3.66. The summed E-state index contributed by atoms with van der Waals surface area (Å²) in [6.07, 6.45) is 0.534. The van der Waals surface area contributed by atoms with Gasteiger partial charge in [-0.05, 0) is 49.2 Å². The molecule has 1 unspecified atom stereocenters. The Hall–Kier alpha value is -1.92. The molecular formula is C24H28BrNO3S. The maximum absolute atomic E-state index is 13.1. The van der Waals surface area contributed by atoms with Crippen molar-refractivity contribution in [2.75, 3.05) is 6.61 Å². The van der Waals surface area contributed by atoms with Gasteiger partial charge in [-0.15, -0.1) is 11.8 Å². The first-order chi connectivity index (χ1) is 14.1. The molecule has 0 saturated carbocycles. The first-order valence-corrected chi connectivity index (χ1v) is 11.6. The second-order valence-electron chi connectivity index (χ2n) is 8.33. The van der Waals surface area contributed by atoms with Crippen LogP contribution in [-0.4, -0.2) is 27.0 Å². The number of hydrogen-bond donors (Lipinski definition) is 1. The number of halogens is 1. The van der Waals surface area contributed by atoms with Gasteiger partial charge in [0.15, 0.2) is 0 Å². The van der Waals surface area contributed by atoms with Crippen LogP contribution in [0.3, 0.4) is 0 Å². The summed E-state index contributed by atoms with van der Waals surface area (Å²) in [6, 6.07) is 13.4. The third-order valence-corrected chi connectivity index (χ3v) is 6.56. The molecule has 0 saturated heterocycles. The van der Waals surface area contributed by atoms with Crippen molar-refractivity contribution in [3.8, 4) is 5.75 Å². The van der Waals surface area contributed by atoms with Crippen LogP contribution in [0.4, 0.5) is 0 Å². The number of hydrogen-bond acceptors (Lipinski definition) is 4. The maximum atomic E-state index is 13.1. The second-order valence-corrected chi connectivity index (χ2v) is 11.1. The largest absolute Gasteiger partial charge is 0.508 e. The minimum absolute atomic E-state index is 0.0660. The first kappa shape index (κ1) is 22.8. The van der Waals surface area contributed by atoms with Gasteiger partial charge >= 0.3 is 5.97 Å². The Morgan fingerprint density at radius 2 is 1.97 bits per heavy atom. The van der Waals surface area contributed by atoms with Gasteiger partial charge in [-0.25, -0.2) is 0 Å². The Morgan fingerprint density at radius 1 is 1.23 bits per heavy atom. The fraction of sp³-hybridized carbons (Fsp3) is 0.375. The van der Waals surface area contributed by atoms with Gasteiger partial charge in [0.2, 0.25) is 0 Å². The number of carbonyl (C=O) groups excluding carboxylic acids is 1. The van der Waals surface area contributed by atoms with Crippen molar-refractivity contribution in [3.63, 3.8) is 0 Å². The third kappa shape index (κ3) is 5.03. The molecule has 1 atom stereocenters. The molecule has 0 aliphatic heterocycles. The van der Waals surface area contributed by atoms with Crippen molar-refractivity contribution in [3.05, 3.63) is 58.2 Å². The van der Waals surface area contributed by atoms with E-state index in [9.17, 15) is 9.90 Å². The summed E-state index contributed by atoms with van der Waals surface area (Å²) in [4.78, 5) is 14.2. The molecule has 0 bridgehead atoms. The maximum Gasteiger partial charge on any atom is 0.315 e. The van der Waals surface area contributed by atoms with E-state index in [1.165, 1.54) is 0 Å². The van der Waals surface area contributed by atoms with Gasteiger partial charge in [0.05, 0.1) is 6.61 Å². The molecule has 0 aliphatic carbocycles. The molecule has 4 nitrogen and oxygen atoms in total. The third-order valence-electron chi connectivity index (χ3n) is 4.82. The topological polar surface area (TPSA) is 51.5 Å². The van der Waals surface area contributed by atoms with E-state index >= 15 is 0 Å². The summed E-state index contributed by atoms with van der Waals surface area (Å²) < 4.78 is 8.48. The van der Waals surface area contributed by atoms with Crippen LogP contribution < -0.4 is 0 Å². The summed E-state index contributed by atoms with van der Waals surface area (Å²) in [7, 11) is 1.98. The highest BCUT2D eigenvalue weighted by Gasteiger charge is 2.32. The number of aryl methyl sites for hydroxylation is 1. The number of carbonyl (C=O) groups is 1. The summed E-state index contributed by atoms with van der Waals surface area (Å²) in [6.45, 7) is 8.61. The lowest BCUT2D eigenvalue weighted by atomic mass is 9.95. The predicted molar refractivity (Wildman–Crippen MR) is 127 cm³/mol. The SMILES string of the molecule is CCOC(=O)C(Cc1cccc(Br)c1)c1c(SC(C)(C)C)c2cc(O)ccc2n1C. The smallest absolute Gasteiger partial charge is 0.315 e. The lowest BCUT2D eigenvalue weighted by molar-refractivity contribution is -0.145. The zero-order valence-corrected chi connectivity index (χ0v) is 20.4. The summed E-state index contributed by atoms with van der Waals surface area (Å²) in [5.74, 6) is -0.470. The van der Waals surface area contributed by atoms with E-state index < -0.39 is 5.92 Å². The van der Waals surface area contributed by atoms with E-state index in [1.807, 2.05) is 44.3 Å². The monoisotopic (exact) mass is 489 g/mol. The molecule has 2 aromatic carbocycles. The number of ether oxygens (including phenoxy) is 1. The lowest BCUT2D eigenvalue weighted by Gasteiger charge is -2.23. The number of esters is 1. The van der Waals surface area contributed by atoms with Crippen LogP contribution >= 0.6 is 27.7 Å². The van der Waals surface area contributed by atoms with Gasteiger partial charge in [0.25, 0.3) is 0 Å². The molecule has 0 radical (unpaired) electrons. The Balaban J connectivity index is 2.22. The lowest BCUT2D eigenvalue weighted by Crippen LogP contribution is -2.22. The van der Waals surface area contributed by atoms with Crippen LogP contribution in [0, 0.1) is 0 Å². The summed E-state index contributed by atoms with van der Waals surface area (Å²) in [5.41, 5.74) is 2.97. The van der Waals surface area contributed by atoms with Gasteiger partial charge < -0.3 is 14.4 Å². The molecule has 6 heteroatoms. The van der Waals surface area contributed by atoms with Crippen LogP contribution in [0.15, 0.2) is 51.8 Å². The van der Waals surface area contributed by atoms with Gasteiger partial charge in [0, 0.05) is 37.8 Å². The van der Waals surface area contributed by atoms with Crippen molar-refractivity contribution in [2.45, 2.75) is 49.7 Å². The molecule has 160 valence electrons. The minimum atomic E-state index is -0.455. The number of benzene rings is 2. The summed E-state index contributed by atoms with van der Waals surface area (Å²) >= 11 is 5.24. The van der Waals surface area contributed by atoms with Crippen molar-refractivity contribution >= 4 is 44.6 Å². The number of thioether (sulfide) groups is 1. The number of nitrogens with zero attached hydrogens (tertiary/aromatic N) is 1. The molecule has 1 N–H and O–H groups in total. The van der Waals surface area contributed by atoms with E-state index in [4.69, 9.17) is 4.74 Å². The number of fused-ring (bicyclic) bond motifs is 1. The Morgan fingerprint density at radius 3 is 2.60 bits per heavy atom. The first-order valence-electron chi connectivity index (χ1n) is 10.0. The molecule has 3 rings (SSSR count). The Kier molecular flexibility index (Phi) is 6.88. The highest BCUT2D eigenvalue weighted by atomic mass is 79.9. The normalized spacial score (nSPS) is 12.9. The Labute approximate surface area is 190 Å². The van der Waals surface area contributed by atoms with Gasteiger partial charge in [-0.3, -0.25) is 4.79 Å². The van der Waals surface area contributed by atoms with Crippen molar-refractivity contribution in [1.29, 1.82) is 0 Å². The van der Waals surface area contributed by atoms with E-state index in [-0.39, 0.29) is 16.5 Å². The second kappa shape index (κ2) is 9.06. The van der Waals surface area contributed by atoms with E-state index in [2.05, 4.69) is 41.3 Å². The molecule has 0 aliphatic rings. The minimum Gasteiger partial charge on any atom is -0.508 e. The highest BCUT2D eigenvalue weighted by molar-refractivity contribution is 9.10. The quantitative estimate of drug-likeness (QED) is 0.320. The van der Waals surface area contributed by atoms with Gasteiger partial charge in [0.1, 0.15) is 11.7 Å². The molecule has 0 amide bonds. The number of aromatic hydroxyl groups is 1. The Bertz CT molecular complexity index is 1070.